The Morgan fingerprint density at radius 2 is 1.95 bits per heavy atom. The van der Waals surface area contributed by atoms with E-state index in [0.29, 0.717) is 30.5 Å². The van der Waals surface area contributed by atoms with Crippen LogP contribution in [0.15, 0.2) is 24.5 Å². The molecule has 0 aromatic carbocycles. The molecular formula is C15H21N3O2. The molecule has 1 aliphatic heterocycles. The Labute approximate surface area is 119 Å². The van der Waals surface area contributed by atoms with Crippen LogP contribution in [0.3, 0.4) is 0 Å². The fourth-order valence-electron chi connectivity index (χ4n) is 2.76. The summed E-state index contributed by atoms with van der Waals surface area (Å²) in [4.78, 5) is 29.5. The molecule has 0 unspecified atom stereocenters. The van der Waals surface area contributed by atoms with E-state index in [1.165, 1.54) is 6.92 Å². The summed E-state index contributed by atoms with van der Waals surface area (Å²) < 4.78 is 0. The number of pyridine rings is 1. The fraction of sp³-hybridized carbons (Fsp3) is 0.533. The van der Waals surface area contributed by atoms with Gasteiger partial charge in [0.25, 0.3) is 5.91 Å². The lowest BCUT2D eigenvalue weighted by molar-refractivity contribution is -0.119. The molecule has 1 aliphatic rings. The third kappa shape index (κ3) is 3.15. The minimum absolute atomic E-state index is 0.00546. The second-order valence-corrected chi connectivity index (χ2v) is 5.66. The predicted molar refractivity (Wildman–Crippen MR) is 76.1 cm³/mol. The molecule has 108 valence electrons. The van der Waals surface area contributed by atoms with Gasteiger partial charge in [-0.25, -0.2) is 0 Å². The van der Waals surface area contributed by atoms with Crippen molar-refractivity contribution in [3.05, 3.63) is 30.1 Å². The molecule has 2 amide bonds. The summed E-state index contributed by atoms with van der Waals surface area (Å²) in [6.07, 6.45) is 3.24. The summed E-state index contributed by atoms with van der Waals surface area (Å²) in [6, 6.07) is 3.48. The summed E-state index contributed by atoms with van der Waals surface area (Å²) in [7, 11) is 0. The van der Waals surface area contributed by atoms with Crippen LogP contribution in [0.4, 0.5) is 0 Å². The zero-order chi connectivity index (χ0) is 14.7. The van der Waals surface area contributed by atoms with Crippen molar-refractivity contribution in [2.75, 3.05) is 13.1 Å². The summed E-state index contributed by atoms with van der Waals surface area (Å²) in [6.45, 7) is 7.03. The van der Waals surface area contributed by atoms with Crippen LogP contribution in [0.2, 0.25) is 0 Å². The van der Waals surface area contributed by atoms with Crippen molar-refractivity contribution in [1.82, 2.24) is 15.2 Å². The summed E-state index contributed by atoms with van der Waals surface area (Å²) in [5.74, 6) is 0.677. The third-order valence-electron chi connectivity index (χ3n) is 3.82. The molecule has 1 N–H and O–H groups in total. The fourth-order valence-corrected chi connectivity index (χ4v) is 2.76. The van der Waals surface area contributed by atoms with Crippen LogP contribution in [0.1, 0.15) is 31.1 Å². The van der Waals surface area contributed by atoms with E-state index in [0.717, 1.165) is 0 Å². The number of carbonyl (C=O) groups excluding carboxylic acids is 2. The van der Waals surface area contributed by atoms with Crippen LogP contribution in [0.5, 0.6) is 0 Å². The van der Waals surface area contributed by atoms with Crippen molar-refractivity contribution in [3.63, 3.8) is 0 Å². The van der Waals surface area contributed by atoms with Gasteiger partial charge in [0.1, 0.15) is 0 Å². The minimum atomic E-state index is -0.0427. The first kappa shape index (κ1) is 14.5. The van der Waals surface area contributed by atoms with Gasteiger partial charge < -0.3 is 10.2 Å². The second-order valence-electron chi connectivity index (χ2n) is 5.66. The van der Waals surface area contributed by atoms with Gasteiger partial charge in [0.05, 0.1) is 6.04 Å². The molecule has 1 saturated heterocycles. The number of aromatic nitrogens is 1. The van der Waals surface area contributed by atoms with Crippen molar-refractivity contribution < 1.29 is 9.59 Å². The number of nitrogens with zero attached hydrogens (tertiary/aromatic N) is 2. The van der Waals surface area contributed by atoms with Gasteiger partial charge in [0.15, 0.2) is 0 Å². The second kappa shape index (κ2) is 6.03. The van der Waals surface area contributed by atoms with Crippen LogP contribution >= 0.6 is 0 Å². The number of rotatable bonds is 3. The smallest absolute Gasteiger partial charge is 0.254 e. The Morgan fingerprint density at radius 1 is 1.30 bits per heavy atom. The van der Waals surface area contributed by atoms with Crippen LogP contribution in [-0.4, -0.2) is 40.8 Å². The molecule has 5 nitrogen and oxygen atoms in total. The molecule has 0 aliphatic carbocycles. The summed E-state index contributed by atoms with van der Waals surface area (Å²) >= 11 is 0. The Bertz CT molecular complexity index is 487. The molecule has 5 heteroatoms. The lowest BCUT2D eigenvalue weighted by atomic mass is 9.91. The van der Waals surface area contributed by atoms with Crippen molar-refractivity contribution in [3.8, 4) is 0 Å². The van der Waals surface area contributed by atoms with E-state index in [2.05, 4.69) is 24.1 Å². The number of nitrogens with one attached hydrogen (secondary N) is 1. The van der Waals surface area contributed by atoms with Gasteiger partial charge in [0, 0.05) is 43.9 Å². The van der Waals surface area contributed by atoms with Crippen LogP contribution in [-0.2, 0) is 4.79 Å². The third-order valence-corrected chi connectivity index (χ3v) is 3.82. The summed E-state index contributed by atoms with van der Waals surface area (Å²) in [5.41, 5.74) is 0.644. The number of carbonyl (C=O) groups is 2. The highest BCUT2D eigenvalue weighted by molar-refractivity contribution is 5.94. The molecule has 0 radical (unpaired) electrons. The molecular weight excluding hydrogens is 254 g/mol. The molecule has 2 rings (SSSR count). The Balaban J connectivity index is 2.11. The van der Waals surface area contributed by atoms with E-state index in [1.807, 2.05) is 4.90 Å². The Kier molecular flexibility index (Phi) is 4.37. The van der Waals surface area contributed by atoms with Gasteiger partial charge >= 0.3 is 0 Å². The van der Waals surface area contributed by atoms with Gasteiger partial charge in [-0.1, -0.05) is 13.8 Å². The number of hydrogen-bond donors (Lipinski definition) is 1. The minimum Gasteiger partial charge on any atom is -0.351 e. The quantitative estimate of drug-likeness (QED) is 0.905. The number of amides is 2. The van der Waals surface area contributed by atoms with Crippen molar-refractivity contribution in [2.24, 2.45) is 11.8 Å². The SMILES string of the molecule is CC(=O)N[C@@H]1CN(C(=O)c2ccncc2)C[C@H]1C(C)C. The van der Waals surface area contributed by atoms with Gasteiger partial charge in [-0.05, 0) is 18.1 Å². The first-order valence-corrected chi connectivity index (χ1v) is 6.95. The topological polar surface area (TPSA) is 62.3 Å². The van der Waals surface area contributed by atoms with Crippen molar-refractivity contribution in [1.29, 1.82) is 0 Å². The van der Waals surface area contributed by atoms with Gasteiger partial charge in [-0.3, -0.25) is 14.6 Å². The lowest BCUT2D eigenvalue weighted by Gasteiger charge is -2.21. The first-order valence-electron chi connectivity index (χ1n) is 6.95. The van der Waals surface area contributed by atoms with E-state index in [1.54, 1.807) is 24.5 Å². The highest BCUT2D eigenvalue weighted by atomic mass is 16.2. The largest absolute Gasteiger partial charge is 0.351 e. The zero-order valence-corrected chi connectivity index (χ0v) is 12.2. The Morgan fingerprint density at radius 3 is 2.50 bits per heavy atom. The maximum atomic E-state index is 12.4. The molecule has 1 fully saturated rings. The van der Waals surface area contributed by atoms with Gasteiger partial charge in [0.2, 0.25) is 5.91 Å². The lowest BCUT2D eigenvalue weighted by Crippen LogP contribution is -2.41. The highest BCUT2D eigenvalue weighted by Crippen LogP contribution is 2.25. The first-order chi connectivity index (χ1) is 9.49. The maximum absolute atomic E-state index is 12.4. The number of likely N-dealkylation sites (tertiary alicyclic amines) is 1. The van der Waals surface area contributed by atoms with E-state index in [-0.39, 0.29) is 17.9 Å². The van der Waals surface area contributed by atoms with Gasteiger partial charge in [-0.15, -0.1) is 0 Å². The van der Waals surface area contributed by atoms with Crippen LogP contribution in [0, 0.1) is 11.8 Å². The molecule has 0 bridgehead atoms. The molecule has 0 saturated carbocycles. The molecule has 20 heavy (non-hydrogen) atoms. The van der Waals surface area contributed by atoms with Crippen LogP contribution in [0.25, 0.3) is 0 Å². The van der Waals surface area contributed by atoms with Crippen LogP contribution < -0.4 is 5.32 Å². The monoisotopic (exact) mass is 275 g/mol. The molecule has 2 heterocycles. The Hall–Kier alpha value is -1.91. The molecule has 1 aromatic heterocycles. The zero-order valence-electron chi connectivity index (χ0n) is 12.2. The summed E-state index contributed by atoms with van der Waals surface area (Å²) in [5, 5.41) is 2.96. The van der Waals surface area contributed by atoms with E-state index in [9.17, 15) is 9.59 Å². The van der Waals surface area contributed by atoms with E-state index < -0.39 is 0 Å². The normalized spacial score (nSPS) is 22.1. The van der Waals surface area contributed by atoms with Crippen molar-refractivity contribution >= 4 is 11.8 Å². The standard InChI is InChI=1S/C15H21N3O2/c1-10(2)13-8-18(9-14(13)17-11(3)19)15(20)12-4-6-16-7-5-12/h4-7,10,13-14H,8-9H2,1-3H3,(H,17,19)/t13-,14+/m0/s1. The predicted octanol–water partition coefficient (Wildman–Crippen LogP) is 1.31. The van der Waals surface area contributed by atoms with E-state index >= 15 is 0 Å². The highest BCUT2D eigenvalue weighted by Gasteiger charge is 2.37. The number of hydrogen-bond acceptors (Lipinski definition) is 3. The van der Waals surface area contributed by atoms with Gasteiger partial charge in [-0.2, -0.15) is 0 Å². The molecule has 1 aromatic rings. The average Bonchev–Trinajstić information content (AvgIpc) is 2.82. The maximum Gasteiger partial charge on any atom is 0.254 e. The average molecular weight is 275 g/mol. The molecule has 0 spiro atoms. The van der Waals surface area contributed by atoms with E-state index in [4.69, 9.17) is 0 Å². The van der Waals surface area contributed by atoms with Crippen molar-refractivity contribution in [2.45, 2.75) is 26.8 Å². The molecule has 2 atom stereocenters.